The number of carbonyl (C=O) groups excluding carboxylic acids is 1. The van der Waals surface area contributed by atoms with Crippen LogP contribution in [0.1, 0.15) is 19.3 Å². The van der Waals surface area contributed by atoms with E-state index in [1.165, 1.54) is 24.3 Å². The van der Waals surface area contributed by atoms with Crippen LogP contribution in [0.3, 0.4) is 0 Å². The molecule has 32 heavy (non-hydrogen) atoms. The molecule has 2 amide bonds. The lowest BCUT2D eigenvalue weighted by atomic mass is 10.1. The fraction of sp³-hybridized carbons (Fsp3) is 0.353. The lowest BCUT2D eigenvalue weighted by molar-refractivity contribution is -0.118. The Labute approximate surface area is 186 Å². The Balaban J connectivity index is 1.94. The third-order valence-corrected chi connectivity index (χ3v) is 5.31. The molecule has 0 aliphatic heterocycles. The third kappa shape index (κ3) is 9.09. The summed E-state index contributed by atoms with van der Waals surface area (Å²) in [4.78, 5) is 27.7. The lowest BCUT2D eigenvalue weighted by Gasteiger charge is -2.15. The average Bonchev–Trinajstić information content (AvgIpc) is 3.14. The number of unbranched alkanes of at least 4 members (excludes halogenated alkanes) is 1. The monoisotopic (exact) mass is 493 g/mol. The number of alkyl halides is 2. The van der Waals surface area contributed by atoms with Crippen LogP contribution in [-0.2, 0) is 15.0 Å². The van der Waals surface area contributed by atoms with Crippen molar-refractivity contribution < 1.29 is 36.6 Å². The Morgan fingerprint density at radius 1 is 1.22 bits per heavy atom. The number of carbonyl (C=O) groups is 2. The summed E-state index contributed by atoms with van der Waals surface area (Å²) < 4.78 is 52.5. The number of rotatable bonds is 12. The number of ether oxygens (including phenoxy) is 1. The molecule has 15 heteroatoms. The minimum Gasteiger partial charge on any atom is -0.465 e. The molecule has 1 heterocycles. The SMILES string of the molecule is NS(=O)(=O)NCCCCC(NC(=O)O)C(=O)Nc1nc(-c2ccc(OC(F)F)cc2)cs1. The summed E-state index contributed by atoms with van der Waals surface area (Å²) in [6.07, 6.45) is -0.585. The number of nitrogens with two attached hydrogens (primary N) is 1. The van der Waals surface area contributed by atoms with E-state index in [2.05, 4.69) is 25.1 Å². The van der Waals surface area contributed by atoms with Gasteiger partial charge in [0.15, 0.2) is 5.13 Å². The zero-order chi connectivity index (χ0) is 23.7. The number of anilines is 1. The molecule has 176 valence electrons. The standard InChI is InChI=1S/C17H21F2N5O6S2/c18-15(19)30-11-6-4-10(5-7-11)13-9-31-16(22-13)24-14(25)12(23-17(26)27)3-1-2-8-21-32(20,28)29/h4-7,9,12,15,21,23H,1-3,8H2,(H,26,27)(H2,20,28,29)(H,22,24,25). The molecule has 1 unspecified atom stereocenters. The smallest absolute Gasteiger partial charge is 0.405 e. The second kappa shape index (κ2) is 11.7. The molecule has 0 radical (unpaired) electrons. The van der Waals surface area contributed by atoms with Gasteiger partial charge in [-0.25, -0.2) is 19.6 Å². The van der Waals surface area contributed by atoms with Gasteiger partial charge in [0.1, 0.15) is 11.8 Å². The largest absolute Gasteiger partial charge is 0.465 e. The normalized spacial score (nSPS) is 12.4. The van der Waals surface area contributed by atoms with Gasteiger partial charge in [-0.3, -0.25) is 4.79 Å². The second-order valence-corrected chi connectivity index (χ2v) is 8.60. The zero-order valence-corrected chi connectivity index (χ0v) is 18.1. The summed E-state index contributed by atoms with van der Waals surface area (Å²) in [6.45, 7) is -2.88. The number of hydrogen-bond donors (Lipinski definition) is 5. The molecule has 1 aromatic heterocycles. The van der Waals surface area contributed by atoms with Crippen LogP contribution in [-0.4, -0.2) is 49.7 Å². The lowest BCUT2D eigenvalue weighted by Crippen LogP contribution is -2.43. The van der Waals surface area contributed by atoms with E-state index in [1.807, 2.05) is 0 Å². The van der Waals surface area contributed by atoms with Crippen molar-refractivity contribution in [3.05, 3.63) is 29.6 Å². The maximum atomic E-state index is 12.5. The van der Waals surface area contributed by atoms with E-state index in [0.717, 1.165) is 11.3 Å². The number of nitrogens with one attached hydrogen (secondary N) is 3. The van der Waals surface area contributed by atoms with Gasteiger partial charge in [0.25, 0.3) is 10.2 Å². The Morgan fingerprint density at radius 3 is 2.50 bits per heavy atom. The van der Waals surface area contributed by atoms with Crippen LogP contribution >= 0.6 is 11.3 Å². The first-order chi connectivity index (χ1) is 15.0. The highest BCUT2D eigenvalue weighted by atomic mass is 32.2. The Hall–Kier alpha value is -2.88. The highest BCUT2D eigenvalue weighted by Crippen LogP contribution is 2.27. The quantitative estimate of drug-likeness (QED) is 0.281. The number of hydrogen-bond acceptors (Lipinski definition) is 7. The van der Waals surface area contributed by atoms with E-state index in [9.17, 15) is 26.8 Å². The van der Waals surface area contributed by atoms with Crippen molar-refractivity contribution in [1.29, 1.82) is 0 Å². The molecule has 0 aliphatic rings. The Morgan fingerprint density at radius 2 is 1.91 bits per heavy atom. The number of thiazole rings is 1. The first-order valence-corrected chi connectivity index (χ1v) is 11.5. The molecule has 0 aliphatic carbocycles. The summed E-state index contributed by atoms with van der Waals surface area (Å²) in [7, 11) is -3.82. The van der Waals surface area contributed by atoms with Crippen molar-refractivity contribution >= 4 is 38.7 Å². The van der Waals surface area contributed by atoms with Crippen LogP contribution in [0, 0.1) is 0 Å². The third-order valence-electron chi connectivity index (χ3n) is 3.95. The molecular weight excluding hydrogens is 472 g/mol. The molecule has 0 saturated carbocycles. The van der Waals surface area contributed by atoms with Crippen molar-refractivity contribution in [1.82, 2.24) is 15.0 Å². The van der Waals surface area contributed by atoms with Gasteiger partial charge >= 0.3 is 12.7 Å². The van der Waals surface area contributed by atoms with E-state index >= 15 is 0 Å². The van der Waals surface area contributed by atoms with E-state index < -0.39 is 34.9 Å². The van der Waals surface area contributed by atoms with E-state index in [4.69, 9.17) is 10.2 Å². The van der Waals surface area contributed by atoms with Crippen LogP contribution in [0.5, 0.6) is 5.75 Å². The summed E-state index contributed by atoms with van der Waals surface area (Å²) in [5.41, 5.74) is 1.08. The number of halogens is 2. The van der Waals surface area contributed by atoms with Gasteiger partial charge in [-0.05, 0) is 43.5 Å². The minimum atomic E-state index is -3.82. The Bertz CT molecular complexity index is 1020. The van der Waals surface area contributed by atoms with Crippen molar-refractivity contribution in [2.75, 3.05) is 11.9 Å². The van der Waals surface area contributed by atoms with Gasteiger partial charge in [0, 0.05) is 17.5 Å². The fourth-order valence-electron chi connectivity index (χ4n) is 2.57. The highest BCUT2D eigenvalue weighted by molar-refractivity contribution is 7.87. The molecule has 2 aromatic rings. The van der Waals surface area contributed by atoms with Crippen LogP contribution in [0.2, 0.25) is 0 Å². The van der Waals surface area contributed by atoms with E-state index in [-0.39, 0.29) is 23.8 Å². The fourth-order valence-corrected chi connectivity index (χ4v) is 3.72. The van der Waals surface area contributed by atoms with Crippen molar-refractivity contribution in [3.63, 3.8) is 0 Å². The average molecular weight is 494 g/mol. The van der Waals surface area contributed by atoms with Crippen molar-refractivity contribution in [2.45, 2.75) is 31.9 Å². The number of amides is 2. The van der Waals surface area contributed by atoms with Crippen LogP contribution < -0.4 is 25.2 Å². The first kappa shape index (κ1) is 25.4. The predicted octanol–water partition coefficient (Wildman–Crippen LogP) is 1.95. The molecular formula is C17H21F2N5O6S2. The summed E-state index contributed by atoms with van der Waals surface area (Å²) in [5.74, 6) is -0.636. The number of benzene rings is 1. The number of nitrogens with zero attached hydrogens (tertiary/aromatic N) is 1. The van der Waals surface area contributed by atoms with E-state index in [1.54, 1.807) is 5.38 Å². The van der Waals surface area contributed by atoms with Crippen molar-refractivity contribution in [2.24, 2.45) is 5.14 Å². The number of aromatic nitrogens is 1. The van der Waals surface area contributed by atoms with Gasteiger partial charge < -0.3 is 20.5 Å². The topological polar surface area (TPSA) is 173 Å². The molecule has 6 N–H and O–H groups in total. The maximum absolute atomic E-state index is 12.5. The Kier molecular flexibility index (Phi) is 9.25. The molecule has 0 saturated heterocycles. The first-order valence-electron chi connectivity index (χ1n) is 9.12. The van der Waals surface area contributed by atoms with Crippen LogP contribution in [0.15, 0.2) is 29.6 Å². The molecule has 0 bridgehead atoms. The highest BCUT2D eigenvalue weighted by Gasteiger charge is 2.21. The summed E-state index contributed by atoms with van der Waals surface area (Å²) in [6, 6.07) is 4.69. The molecule has 2 rings (SSSR count). The molecule has 0 fully saturated rings. The molecule has 1 aromatic carbocycles. The predicted molar refractivity (Wildman–Crippen MR) is 113 cm³/mol. The van der Waals surface area contributed by atoms with Gasteiger partial charge in [0.05, 0.1) is 5.69 Å². The van der Waals surface area contributed by atoms with Gasteiger partial charge in [-0.2, -0.15) is 17.2 Å². The minimum absolute atomic E-state index is 0.00523. The number of carboxylic acid groups (broad SMARTS) is 1. The van der Waals surface area contributed by atoms with Crippen LogP contribution in [0.4, 0.5) is 18.7 Å². The van der Waals surface area contributed by atoms with Gasteiger partial charge in [-0.1, -0.05) is 0 Å². The summed E-state index contributed by atoms with van der Waals surface area (Å²) >= 11 is 1.10. The molecule has 1 atom stereocenters. The maximum Gasteiger partial charge on any atom is 0.405 e. The van der Waals surface area contributed by atoms with Crippen LogP contribution in [0.25, 0.3) is 11.3 Å². The van der Waals surface area contributed by atoms with Gasteiger partial charge in [-0.15, -0.1) is 11.3 Å². The van der Waals surface area contributed by atoms with E-state index in [0.29, 0.717) is 24.1 Å². The summed E-state index contributed by atoms with van der Waals surface area (Å²) in [5, 5.41) is 20.3. The van der Waals surface area contributed by atoms with Gasteiger partial charge in [0.2, 0.25) is 5.91 Å². The molecule has 11 nitrogen and oxygen atoms in total. The van der Waals surface area contributed by atoms with Crippen molar-refractivity contribution in [3.8, 4) is 17.0 Å². The molecule has 0 spiro atoms. The zero-order valence-electron chi connectivity index (χ0n) is 16.5. The second-order valence-electron chi connectivity index (χ2n) is 6.37.